The molecule has 0 aliphatic carbocycles. The van der Waals surface area contributed by atoms with E-state index < -0.39 is 0 Å². The Bertz CT molecular complexity index is 817. The highest BCUT2D eigenvalue weighted by Gasteiger charge is 2.25. The van der Waals surface area contributed by atoms with Crippen LogP contribution in [0.1, 0.15) is 57.4 Å². The number of hydrogen-bond donors (Lipinski definition) is 1. The zero-order chi connectivity index (χ0) is 20.8. The second kappa shape index (κ2) is 9.87. The van der Waals surface area contributed by atoms with Crippen LogP contribution in [-0.2, 0) is 24.3 Å². The number of hydrogen-bond acceptors (Lipinski definition) is 5. The summed E-state index contributed by atoms with van der Waals surface area (Å²) in [5.74, 6) is 3.26. The minimum Gasteiger partial charge on any atom is -0.494 e. The van der Waals surface area contributed by atoms with Gasteiger partial charge in [-0.1, -0.05) is 32.0 Å². The second-order valence-corrected chi connectivity index (χ2v) is 8.08. The average molecular weight is 400 g/mol. The molecule has 3 rings (SSSR count). The molecule has 0 bridgehead atoms. The van der Waals surface area contributed by atoms with Gasteiger partial charge in [-0.2, -0.15) is 0 Å². The van der Waals surface area contributed by atoms with E-state index in [0.717, 1.165) is 56.4 Å². The van der Waals surface area contributed by atoms with Gasteiger partial charge in [0.15, 0.2) is 5.82 Å². The zero-order valence-corrected chi connectivity index (χ0v) is 18.0. The lowest BCUT2D eigenvalue weighted by molar-refractivity contribution is -0.119. The summed E-state index contributed by atoms with van der Waals surface area (Å²) in [5, 5.41) is 12.0. The number of para-hydroxylation sites is 1. The zero-order valence-electron chi connectivity index (χ0n) is 18.0. The molecule has 158 valence electrons. The maximum absolute atomic E-state index is 11.7. The molecular weight excluding hydrogens is 366 g/mol. The molecular formula is C22H33N5O2. The first-order valence-electron chi connectivity index (χ1n) is 10.6. The molecule has 1 aliphatic heterocycles. The maximum Gasteiger partial charge on any atom is 0.217 e. The van der Waals surface area contributed by atoms with E-state index in [1.54, 1.807) is 6.92 Å². The average Bonchev–Trinajstić information content (AvgIpc) is 2.97. The smallest absolute Gasteiger partial charge is 0.217 e. The molecule has 7 nitrogen and oxygen atoms in total. The van der Waals surface area contributed by atoms with Gasteiger partial charge in [0, 0.05) is 45.1 Å². The van der Waals surface area contributed by atoms with Crippen LogP contribution in [0.15, 0.2) is 24.3 Å². The first kappa shape index (κ1) is 21.3. The van der Waals surface area contributed by atoms with Crippen LogP contribution in [0.3, 0.4) is 0 Å². The first-order chi connectivity index (χ1) is 14.0. The van der Waals surface area contributed by atoms with Crippen molar-refractivity contribution >= 4 is 5.91 Å². The number of amides is 1. The van der Waals surface area contributed by atoms with Gasteiger partial charge < -0.3 is 14.6 Å². The van der Waals surface area contributed by atoms with E-state index in [2.05, 4.69) is 51.0 Å². The predicted molar refractivity (Wildman–Crippen MR) is 113 cm³/mol. The highest BCUT2D eigenvalue weighted by molar-refractivity contribution is 5.73. The van der Waals surface area contributed by atoms with Crippen LogP contribution in [0.2, 0.25) is 0 Å². The highest BCUT2D eigenvalue weighted by atomic mass is 16.5. The van der Waals surface area contributed by atoms with Crippen LogP contribution < -0.4 is 10.1 Å². The van der Waals surface area contributed by atoms with E-state index in [1.165, 1.54) is 5.56 Å². The number of benzene rings is 1. The van der Waals surface area contributed by atoms with Crippen LogP contribution in [0.5, 0.6) is 5.75 Å². The Morgan fingerprint density at radius 1 is 1.21 bits per heavy atom. The van der Waals surface area contributed by atoms with Gasteiger partial charge in [-0.3, -0.25) is 9.69 Å². The number of nitrogens with zero attached hydrogens (tertiary/aromatic N) is 4. The van der Waals surface area contributed by atoms with E-state index in [1.807, 2.05) is 19.1 Å². The van der Waals surface area contributed by atoms with Crippen molar-refractivity contribution in [3.63, 3.8) is 0 Å². The van der Waals surface area contributed by atoms with Gasteiger partial charge in [-0.25, -0.2) is 0 Å². The summed E-state index contributed by atoms with van der Waals surface area (Å²) in [6.45, 7) is 12.1. The van der Waals surface area contributed by atoms with Crippen molar-refractivity contribution in [2.45, 2.75) is 59.7 Å². The largest absolute Gasteiger partial charge is 0.494 e. The van der Waals surface area contributed by atoms with Crippen molar-refractivity contribution in [3.8, 4) is 5.75 Å². The number of carbonyl (C=O) groups is 1. The molecule has 1 N–H and O–H groups in total. The molecule has 1 aromatic carbocycles. The molecule has 0 fully saturated rings. The molecule has 7 heteroatoms. The lowest BCUT2D eigenvalue weighted by atomic mass is 10.0. The van der Waals surface area contributed by atoms with Crippen molar-refractivity contribution in [1.29, 1.82) is 0 Å². The monoisotopic (exact) mass is 399 g/mol. The van der Waals surface area contributed by atoms with Crippen molar-refractivity contribution in [2.75, 3.05) is 19.7 Å². The van der Waals surface area contributed by atoms with Gasteiger partial charge in [0.1, 0.15) is 11.6 Å². The Morgan fingerprint density at radius 2 is 2.00 bits per heavy atom. The summed E-state index contributed by atoms with van der Waals surface area (Å²) < 4.78 is 7.99. The molecule has 0 saturated carbocycles. The summed E-state index contributed by atoms with van der Waals surface area (Å²) >= 11 is 0. The Morgan fingerprint density at radius 3 is 2.72 bits per heavy atom. The fraction of sp³-hybridized carbons (Fsp3) is 0.591. The minimum absolute atomic E-state index is 0.0317. The van der Waals surface area contributed by atoms with Gasteiger partial charge in [0.05, 0.1) is 12.6 Å². The van der Waals surface area contributed by atoms with Crippen molar-refractivity contribution in [3.05, 3.63) is 41.5 Å². The number of nitrogens with one attached hydrogen (secondary N) is 1. The Balaban J connectivity index is 1.73. The summed E-state index contributed by atoms with van der Waals surface area (Å²) in [6, 6.07) is 8.15. The summed E-state index contributed by atoms with van der Waals surface area (Å²) in [6.07, 6.45) is 1.70. The van der Waals surface area contributed by atoms with E-state index >= 15 is 0 Å². The molecule has 1 atom stereocenters. The second-order valence-electron chi connectivity index (χ2n) is 8.08. The number of carbonyl (C=O) groups excluding carboxylic acids is 1. The third kappa shape index (κ3) is 5.56. The van der Waals surface area contributed by atoms with Crippen LogP contribution in [0.25, 0.3) is 0 Å². The molecule has 0 saturated heterocycles. The third-order valence-corrected chi connectivity index (χ3v) is 5.21. The standard InChI is InChI=1S/C22H33N5O2/c1-5-29-20-9-7-6-8-18(20)15-26-11-10-21-24-25-22(27(21)13-12-26)19(14-16(2)3)23-17(4)28/h6-9,16,19H,5,10-15H2,1-4H3,(H,23,28). The van der Waals surface area contributed by atoms with E-state index in [0.29, 0.717) is 12.5 Å². The normalized spacial score (nSPS) is 15.6. The van der Waals surface area contributed by atoms with E-state index in [4.69, 9.17) is 4.74 Å². The summed E-state index contributed by atoms with van der Waals surface area (Å²) in [4.78, 5) is 14.2. The van der Waals surface area contributed by atoms with E-state index in [9.17, 15) is 4.79 Å². The molecule has 1 amide bonds. The quantitative estimate of drug-likeness (QED) is 0.739. The number of fused-ring (bicyclic) bond motifs is 1. The van der Waals surface area contributed by atoms with Gasteiger partial charge in [-0.15, -0.1) is 10.2 Å². The van der Waals surface area contributed by atoms with Crippen LogP contribution in [-0.4, -0.2) is 45.3 Å². The predicted octanol–water partition coefficient (Wildman–Crippen LogP) is 2.96. The van der Waals surface area contributed by atoms with Crippen molar-refractivity contribution in [2.24, 2.45) is 5.92 Å². The van der Waals surface area contributed by atoms with Crippen LogP contribution in [0.4, 0.5) is 0 Å². The van der Waals surface area contributed by atoms with Crippen molar-refractivity contribution < 1.29 is 9.53 Å². The molecule has 0 radical (unpaired) electrons. The Kier molecular flexibility index (Phi) is 7.25. The molecule has 29 heavy (non-hydrogen) atoms. The van der Waals surface area contributed by atoms with Crippen LogP contribution >= 0.6 is 0 Å². The summed E-state index contributed by atoms with van der Waals surface area (Å²) in [5.41, 5.74) is 1.21. The van der Waals surface area contributed by atoms with Gasteiger partial charge in [-0.05, 0) is 25.3 Å². The molecule has 1 unspecified atom stereocenters. The molecule has 2 heterocycles. The first-order valence-corrected chi connectivity index (χ1v) is 10.6. The molecule has 1 aromatic heterocycles. The SMILES string of the molecule is CCOc1ccccc1CN1CCc2nnc(C(CC(C)C)NC(C)=O)n2CC1. The third-order valence-electron chi connectivity index (χ3n) is 5.21. The fourth-order valence-electron chi connectivity index (χ4n) is 3.92. The topological polar surface area (TPSA) is 72.3 Å². The van der Waals surface area contributed by atoms with Gasteiger partial charge in [0.25, 0.3) is 0 Å². The lowest BCUT2D eigenvalue weighted by Crippen LogP contribution is -2.31. The van der Waals surface area contributed by atoms with Gasteiger partial charge in [0.2, 0.25) is 5.91 Å². The Hall–Kier alpha value is -2.41. The summed E-state index contributed by atoms with van der Waals surface area (Å²) in [7, 11) is 0. The van der Waals surface area contributed by atoms with Crippen molar-refractivity contribution in [1.82, 2.24) is 25.0 Å². The van der Waals surface area contributed by atoms with Gasteiger partial charge >= 0.3 is 0 Å². The highest BCUT2D eigenvalue weighted by Crippen LogP contribution is 2.24. The fourth-order valence-corrected chi connectivity index (χ4v) is 3.92. The van der Waals surface area contributed by atoms with E-state index in [-0.39, 0.29) is 11.9 Å². The Labute approximate surface area is 173 Å². The van der Waals surface area contributed by atoms with Crippen LogP contribution in [0, 0.1) is 5.92 Å². The maximum atomic E-state index is 11.7. The molecule has 1 aliphatic rings. The number of aromatic nitrogens is 3. The molecule has 2 aromatic rings. The lowest BCUT2D eigenvalue weighted by Gasteiger charge is -2.22. The molecule has 0 spiro atoms. The minimum atomic E-state index is -0.0982. The number of ether oxygens (including phenoxy) is 1. The number of rotatable bonds is 8.